The molecule has 0 bridgehead atoms. The van der Waals surface area contributed by atoms with E-state index in [4.69, 9.17) is 16.3 Å². The topological polar surface area (TPSA) is 70.7 Å². The predicted molar refractivity (Wildman–Crippen MR) is 124 cm³/mol. The van der Waals surface area contributed by atoms with Crippen LogP contribution in [0.4, 0.5) is 18.9 Å². The molecule has 1 saturated heterocycles. The number of carbonyl (C=O) groups excluding carboxylic acids is 2. The number of fused-ring (bicyclic) bond motifs is 1. The fraction of sp³-hybridized carbons (Fsp3) is 0.417. The highest BCUT2D eigenvalue weighted by Crippen LogP contribution is 2.47. The highest BCUT2D eigenvalue weighted by atomic mass is 35.5. The lowest BCUT2D eigenvalue weighted by molar-refractivity contribution is -0.137. The number of anilines is 1. The van der Waals surface area contributed by atoms with Gasteiger partial charge >= 0.3 is 6.18 Å². The number of hydrogen-bond acceptors (Lipinski definition) is 4. The van der Waals surface area contributed by atoms with E-state index < -0.39 is 11.7 Å². The smallest absolute Gasteiger partial charge is 0.416 e. The van der Waals surface area contributed by atoms with E-state index in [0.29, 0.717) is 17.1 Å². The molecule has 1 atom stereocenters. The average Bonchev–Trinajstić information content (AvgIpc) is 2.77. The Morgan fingerprint density at radius 1 is 1.18 bits per heavy atom. The molecule has 0 aliphatic carbocycles. The molecule has 6 nitrogen and oxygen atoms in total. The highest BCUT2D eigenvalue weighted by Gasteiger charge is 2.43. The van der Waals surface area contributed by atoms with Gasteiger partial charge in [0.05, 0.1) is 16.6 Å². The number of amides is 2. The molecule has 4 rings (SSSR count). The Labute approximate surface area is 201 Å². The molecule has 1 unspecified atom stereocenters. The largest absolute Gasteiger partial charge is 0.485 e. The van der Waals surface area contributed by atoms with Gasteiger partial charge in [0, 0.05) is 37.7 Å². The maximum absolute atomic E-state index is 12.0. The van der Waals surface area contributed by atoms with Crippen LogP contribution in [0.5, 0.6) is 5.75 Å². The van der Waals surface area contributed by atoms with Gasteiger partial charge in [0.2, 0.25) is 12.3 Å². The molecule has 2 aromatic carbocycles. The SMILES string of the molecule is CC(=O)NC1CC2(CCN(C)CC2)Oc2c(Cl)cccc21.O=CNc1ccc(C(F)(F)F)cc1. The second kappa shape index (κ2) is 10.7. The number of alkyl halides is 3. The zero-order valence-electron chi connectivity index (χ0n) is 18.9. The summed E-state index contributed by atoms with van der Waals surface area (Å²) in [6.45, 7) is 3.57. The number of likely N-dealkylation sites (tertiary alicyclic amines) is 1. The fourth-order valence-corrected chi connectivity index (χ4v) is 4.40. The molecule has 2 aliphatic heterocycles. The van der Waals surface area contributed by atoms with E-state index in [1.165, 1.54) is 12.1 Å². The van der Waals surface area contributed by atoms with Gasteiger partial charge in [-0.05, 0) is 50.2 Å². The lowest BCUT2D eigenvalue weighted by Crippen LogP contribution is -2.51. The molecule has 2 aliphatic rings. The van der Waals surface area contributed by atoms with Gasteiger partial charge in [0.25, 0.3) is 0 Å². The number of ether oxygens (including phenoxy) is 1. The standard InChI is InChI=1S/C16H21ClN2O2.C8H6F3NO/c1-11(20)18-14-10-16(6-8-19(2)9-7-16)21-15-12(14)4-3-5-13(15)17;9-8(10,11)6-1-3-7(4-2-6)12-5-13/h3-5,14H,6-10H2,1-2H3,(H,18,20);1-5H,(H,12,13). The van der Waals surface area contributed by atoms with Crippen molar-refractivity contribution in [2.45, 2.75) is 44.0 Å². The number of piperidine rings is 1. The van der Waals surface area contributed by atoms with E-state index >= 15 is 0 Å². The lowest BCUT2D eigenvalue weighted by atomic mass is 9.80. The summed E-state index contributed by atoms with van der Waals surface area (Å²) in [5, 5.41) is 5.92. The molecule has 2 aromatic rings. The molecular formula is C24H27ClF3N3O3. The molecule has 10 heteroatoms. The van der Waals surface area contributed by atoms with Crippen LogP contribution in [0.2, 0.25) is 5.02 Å². The molecule has 34 heavy (non-hydrogen) atoms. The van der Waals surface area contributed by atoms with E-state index in [0.717, 1.165) is 55.8 Å². The number of nitrogens with zero attached hydrogens (tertiary/aromatic N) is 1. The quantitative estimate of drug-likeness (QED) is 0.583. The van der Waals surface area contributed by atoms with Crippen LogP contribution in [0.3, 0.4) is 0 Å². The summed E-state index contributed by atoms with van der Waals surface area (Å²) in [6, 6.07) is 9.93. The summed E-state index contributed by atoms with van der Waals surface area (Å²) < 4.78 is 42.4. The number of rotatable bonds is 3. The first-order valence-corrected chi connectivity index (χ1v) is 11.2. The van der Waals surface area contributed by atoms with E-state index in [1.54, 1.807) is 6.92 Å². The number of para-hydroxylation sites is 1. The third-order valence-electron chi connectivity index (χ3n) is 5.98. The Kier molecular flexibility index (Phi) is 8.09. The highest BCUT2D eigenvalue weighted by molar-refractivity contribution is 6.32. The third-order valence-corrected chi connectivity index (χ3v) is 6.28. The first kappa shape index (κ1) is 25.8. The molecule has 184 valence electrons. The number of nitrogens with one attached hydrogen (secondary N) is 2. The summed E-state index contributed by atoms with van der Waals surface area (Å²) >= 11 is 6.33. The van der Waals surface area contributed by atoms with Crippen molar-refractivity contribution in [1.82, 2.24) is 10.2 Å². The van der Waals surface area contributed by atoms with Crippen molar-refractivity contribution in [3.8, 4) is 5.75 Å². The minimum atomic E-state index is -4.33. The van der Waals surface area contributed by atoms with Crippen molar-refractivity contribution in [3.05, 3.63) is 58.6 Å². The Morgan fingerprint density at radius 3 is 2.38 bits per heavy atom. The van der Waals surface area contributed by atoms with Gasteiger partial charge in [0.1, 0.15) is 11.4 Å². The Bertz CT molecular complexity index is 1010. The van der Waals surface area contributed by atoms with Crippen molar-refractivity contribution >= 4 is 29.6 Å². The Hall–Kier alpha value is -2.78. The molecular weight excluding hydrogens is 471 g/mol. The Balaban J connectivity index is 0.000000215. The molecule has 0 saturated carbocycles. The van der Waals surface area contributed by atoms with Crippen LogP contribution >= 0.6 is 11.6 Å². The molecule has 1 fully saturated rings. The van der Waals surface area contributed by atoms with Crippen LogP contribution < -0.4 is 15.4 Å². The van der Waals surface area contributed by atoms with Crippen LogP contribution in [0.15, 0.2) is 42.5 Å². The Morgan fingerprint density at radius 2 is 1.82 bits per heavy atom. The first-order valence-electron chi connectivity index (χ1n) is 10.8. The van der Waals surface area contributed by atoms with Crippen molar-refractivity contribution in [3.63, 3.8) is 0 Å². The van der Waals surface area contributed by atoms with Crippen molar-refractivity contribution in [2.24, 2.45) is 0 Å². The van der Waals surface area contributed by atoms with Gasteiger partial charge in [0.15, 0.2) is 0 Å². The van der Waals surface area contributed by atoms with Gasteiger partial charge < -0.3 is 20.3 Å². The van der Waals surface area contributed by atoms with Crippen LogP contribution in [0, 0.1) is 0 Å². The average molecular weight is 498 g/mol. The normalized spacial score (nSPS) is 19.2. The molecule has 2 heterocycles. The summed E-state index contributed by atoms with van der Waals surface area (Å²) in [6.07, 6.45) is -1.19. The number of carbonyl (C=O) groups is 2. The summed E-state index contributed by atoms with van der Waals surface area (Å²) in [5.74, 6) is 0.727. The second-order valence-corrected chi connectivity index (χ2v) is 8.95. The fourth-order valence-electron chi connectivity index (χ4n) is 4.18. The van der Waals surface area contributed by atoms with Crippen LogP contribution in [-0.2, 0) is 15.8 Å². The summed E-state index contributed by atoms with van der Waals surface area (Å²) in [7, 11) is 2.13. The van der Waals surface area contributed by atoms with E-state index in [9.17, 15) is 22.8 Å². The third kappa shape index (κ3) is 6.42. The van der Waals surface area contributed by atoms with E-state index in [-0.39, 0.29) is 17.6 Å². The lowest BCUT2D eigenvalue weighted by Gasteiger charge is -2.46. The molecule has 0 aromatic heterocycles. The van der Waals surface area contributed by atoms with E-state index in [2.05, 4.69) is 22.6 Å². The first-order chi connectivity index (χ1) is 16.0. The zero-order chi connectivity index (χ0) is 24.9. The second-order valence-electron chi connectivity index (χ2n) is 8.54. The van der Waals surface area contributed by atoms with Gasteiger partial charge in [-0.3, -0.25) is 9.59 Å². The number of halogens is 4. The monoisotopic (exact) mass is 497 g/mol. The van der Waals surface area contributed by atoms with Crippen LogP contribution in [0.1, 0.15) is 43.4 Å². The van der Waals surface area contributed by atoms with Crippen LogP contribution in [0.25, 0.3) is 0 Å². The van der Waals surface area contributed by atoms with Gasteiger partial charge in [-0.15, -0.1) is 0 Å². The van der Waals surface area contributed by atoms with Gasteiger partial charge in [-0.1, -0.05) is 23.7 Å². The summed E-state index contributed by atoms with van der Waals surface area (Å²) in [4.78, 5) is 23.8. The van der Waals surface area contributed by atoms with Crippen molar-refractivity contribution < 1.29 is 27.5 Å². The van der Waals surface area contributed by atoms with Gasteiger partial charge in [-0.2, -0.15) is 13.2 Å². The van der Waals surface area contributed by atoms with E-state index in [1.807, 2.05) is 18.2 Å². The minimum absolute atomic E-state index is 0.0177. The maximum atomic E-state index is 12.0. The van der Waals surface area contributed by atoms with Gasteiger partial charge in [-0.25, -0.2) is 0 Å². The van der Waals surface area contributed by atoms with Crippen molar-refractivity contribution in [2.75, 3.05) is 25.5 Å². The molecule has 2 N–H and O–H groups in total. The zero-order valence-corrected chi connectivity index (χ0v) is 19.7. The van der Waals surface area contributed by atoms with Crippen LogP contribution in [-0.4, -0.2) is 43.0 Å². The molecule has 1 spiro atoms. The molecule has 0 radical (unpaired) electrons. The van der Waals surface area contributed by atoms with Crippen molar-refractivity contribution in [1.29, 1.82) is 0 Å². The maximum Gasteiger partial charge on any atom is 0.416 e. The minimum Gasteiger partial charge on any atom is -0.485 e. The number of benzene rings is 2. The molecule has 2 amide bonds. The predicted octanol–water partition coefficient (Wildman–Crippen LogP) is 5.04. The summed E-state index contributed by atoms with van der Waals surface area (Å²) in [5.41, 5.74) is 0.381. The number of hydrogen-bond donors (Lipinski definition) is 2.